The van der Waals surface area contributed by atoms with Gasteiger partial charge in [-0.2, -0.15) is 18.4 Å². The number of urea groups is 1. The summed E-state index contributed by atoms with van der Waals surface area (Å²) in [5, 5.41) is 13.2. The van der Waals surface area contributed by atoms with Gasteiger partial charge >= 0.3 is 12.2 Å². The van der Waals surface area contributed by atoms with Crippen molar-refractivity contribution < 1.29 is 22.8 Å². The van der Waals surface area contributed by atoms with Gasteiger partial charge in [-0.1, -0.05) is 23.8 Å². The highest BCUT2D eigenvalue weighted by molar-refractivity contribution is 6.00. The summed E-state index contributed by atoms with van der Waals surface area (Å²) < 4.78 is 38.7. The molecule has 26 heavy (non-hydrogen) atoms. The summed E-state index contributed by atoms with van der Waals surface area (Å²) in [4.78, 5) is 23.8. The zero-order valence-electron chi connectivity index (χ0n) is 13.6. The number of aryl methyl sites for hydroxylation is 1. The van der Waals surface area contributed by atoms with Crippen LogP contribution in [0.5, 0.6) is 0 Å². The van der Waals surface area contributed by atoms with E-state index in [1.54, 1.807) is 18.2 Å². The van der Waals surface area contributed by atoms with Crippen LogP contribution in [0.2, 0.25) is 0 Å². The average Bonchev–Trinajstić information content (AvgIpc) is 2.59. The standard InChI is InChI=1S/C18H14F3N3O2/c1-11-3-2-4-12(7-11)16(25)10-23-17(26)24-14-6-5-13(9-22)15(8-14)18(19,20)21/h2-8H,10H2,1H3,(H2,23,24,26). The van der Waals surface area contributed by atoms with Gasteiger partial charge in [0.05, 0.1) is 23.7 Å². The molecule has 0 bridgehead atoms. The summed E-state index contributed by atoms with van der Waals surface area (Å²) in [6.45, 7) is 1.51. The SMILES string of the molecule is Cc1cccc(C(=O)CNC(=O)Nc2ccc(C#N)c(C(F)(F)F)c2)c1. The predicted molar refractivity (Wildman–Crippen MR) is 88.7 cm³/mol. The van der Waals surface area contributed by atoms with Gasteiger partial charge in [-0.3, -0.25) is 4.79 Å². The number of hydrogen-bond acceptors (Lipinski definition) is 3. The number of nitrogens with one attached hydrogen (secondary N) is 2. The van der Waals surface area contributed by atoms with Crippen LogP contribution in [-0.2, 0) is 6.18 Å². The second-order valence-corrected chi connectivity index (χ2v) is 5.47. The lowest BCUT2D eigenvalue weighted by molar-refractivity contribution is -0.137. The summed E-state index contributed by atoms with van der Waals surface area (Å²) in [7, 11) is 0. The molecule has 0 radical (unpaired) electrons. The maximum absolute atomic E-state index is 12.9. The molecule has 0 fully saturated rings. The minimum Gasteiger partial charge on any atom is -0.330 e. The number of anilines is 1. The second-order valence-electron chi connectivity index (χ2n) is 5.47. The molecule has 2 rings (SSSR count). The van der Waals surface area contributed by atoms with E-state index in [1.807, 2.05) is 13.0 Å². The number of Topliss-reactive ketones (excluding diaryl/α,β-unsaturated/α-hetero) is 1. The average molecular weight is 361 g/mol. The van der Waals surface area contributed by atoms with Crippen molar-refractivity contribution in [2.75, 3.05) is 11.9 Å². The summed E-state index contributed by atoms with van der Waals surface area (Å²) in [6.07, 6.45) is -4.72. The summed E-state index contributed by atoms with van der Waals surface area (Å²) in [5.41, 5.74) is -0.524. The molecule has 0 heterocycles. The highest BCUT2D eigenvalue weighted by Crippen LogP contribution is 2.33. The van der Waals surface area contributed by atoms with Gasteiger partial charge in [0.2, 0.25) is 0 Å². The fourth-order valence-electron chi connectivity index (χ4n) is 2.21. The number of carbonyl (C=O) groups excluding carboxylic acids is 2. The van der Waals surface area contributed by atoms with Gasteiger partial charge in [0.15, 0.2) is 5.78 Å². The molecule has 0 aromatic heterocycles. The molecular formula is C18H14F3N3O2. The van der Waals surface area contributed by atoms with Crippen molar-refractivity contribution in [1.29, 1.82) is 5.26 Å². The van der Waals surface area contributed by atoms with Crippen LogP contribution in [0, 0.1) is 18.3 Å². The number of nitrogens with zero attached hydrogens (tertiary/aromatic N) is 1. The molecule has 2 amide bonds. The molecule has 2 N–H and O–H groups in total. The van der Waals surface area contributed by atoms with Crippen LogP contribution in [-0.4, -0.2) is 18.4 Å². The Kier molecular flexibility index (Phi) is 5.62. The van der Waals surface area contributed by atoms with Gasteiger partial charge < -0.3 is 10.6 Å². The maximum atomic E-state index is 12.9. The van der Waals surface area contributed by atoms with E-state index in [-0.39, 0.29) is 18.0 Å². The van der Waals surface area contributed by atoms with Crippen molar-refractivity contribution in [1.82, 2.24) is 5.32 Å². The lowest BCUT2D eigenvalue weighted by Crippen LogP contribution is -2.33. The van der Waals surface area contributed by atoms with Gasteiger partial charge in [-0.25, -0.2) is 4.79 Å². The molecule has 2 aromatic carbocycles. The molecule has 0 saturated heterocycles. The number of carbonyl (C=O) groups is 2. The van der Waals surface area contributed by atoms with E-state index in [2.05, 4.69) is 10.6 Å². The Morgan fingerprint density at radius 3 is 2.50 bits per heavy atom. The quantitative estimate of drug-likeness (QED) is 0.811. The van der Waals surface area contributed by atoms with Gasteiger partial charge in [0, 0.05) is 11.3 Å². The minimum absolute atomic E-state index is 0.142. The molecule has 0 spiro atoms. The highest BCUT2D eigenvalue weighted by atomic mass is 19.4. The van der Waals surface area contributed by atoms with Crippen molar-refractivity contribution in [3.05, 3.63) is 64.7 Å². The number of hydrogen-bond donors (Lipinski definition) is 2. The molecule has 0 saturated carbocycles. The molecule has 134 valence electrons. The number of rotatable bonds is 4. The molecule has 8 heteroatoms. The first-order chi connectivity index (χ1) is 12.2. The van der Waals surface area contributed by atoms with Crippen molar-refractivity contribution in [3.8, 4) is 6.07 Å². The third-order valence-electron chi connectivity index (χ3n) is 3.45. The minimum atomic E-state index is -4.72. The molecule has 2 aromatic rings. The summed E-state index contributed by atoms with van der Waals surface area (Å²) in [6, 6.07) is 10.2. The first kappa shape index (κ1) is 19.0. The smallest absolute Gasteiger partial charge is 0.330 e. The first-order valence-electron chi connectivity index (χ1n) is 7.47. The normalized spacial score (nSPS) is 10.7. The molecule has 0 aliphatic carbocycles. The van der Waals surface area contributed by atoms with Crippen LogP contribution in [0.4, 0.5) is 23.7 Å². The number of nitriles is 1. The summed E-state index contributed by atoms with van der Waals surface area (Å²) in [5.74, 6) is -0.334. The monoisotopic (exact) mass is 361 g/mol. The predicted octanol–water partition coefficient (Wildman–Crippen LogP) is 3.89. The number of amides is 2. The molecule has 0 atom stereocenters. The molecule has 0 aliphatic rings. The van der Waals surface area contributed by atoms with E-state index in [1.165, 1.54) is 12.1 Å². The lowest BCUT2D eigenvalue weighted by Gasteiger charge is -2.12. The van der Waals surface area contributed by atoms with Gasteiger partial charge in [0.25, 0.3) is 0 Å². The van der Waals surface area contributed by atoms with Crippen molar-refractivity contribution in [2.45, 2.75) is 13.1 Å². The van der Waals surface area contributed by atoms with Gasteiger partial charge in [-0.15, -0.1) is 0 Å². The third kappa shape index (κ3) is 4.83. The Hall–Kier alpha value is -3.34. The number of benzene rings is 2. The highest BCUT2D eigenvalue weighted by Gasteiger charge is 2.33. The molecule has 5 nitrogen and oxygen atoms in total. The Morgan fingerprint density at radius 1 is 1.15 bits per heavy atom. The second kappa shape index (κ2) is 7.70. The Bertz CT molecular complexity index is 886. The largest absolute Gasteiger partial charge is 0.417 e. The Labute approximate surface area is 147 Å². The van der Waals surface area contributed by atoms with Crippen LogP contribution in [0.15, 0.2) is 42.5 Å². The number of halogens is 3. The third-order valence-corrected chi connectivity index (χ3v) is 3.45. The van der Waals surface area contributed by atoms with Crippen molar-refractivity contribution >= 4 is 17.5 Å². The number of ketones is 1. The van der Waals surface area contributed by atoms with E-state index in [0.29, 0.717) is 11.6 Å². The fraction of sp³-hybridized carbons (Fsp3) is 0.167. The Morgan fingerprint density at radius 2 is 1.88 bits per heavy atom. The molecule has 0 unspecified atom stereocenters. The Balaban J connectivity index is 2.02. The van der Waals surface area contributed by atoms with Crippen LogP contribution < -0.4 is 10.6 Å². The zero-order valence-corrected chi connectivity index (χ0v) is 13.6. The van der Waals surface area contributed by atoms with E-state index < -0.39 is 23.3 Å². The van der Waals surface area contributed by atoms with E-state index in [9.17, 15) is 22.8 Å². The van der Waals surface area contributed by atoms with Crippen LogP contribution >= 0.6 is 0 Å². The van der Waals surface area contributed by atoms with E-state index in [4.69, 9.17) is 5.26 Å². The molecular weight excluding hydrogens is 347 g/mol. The zero-order chi connectivity index (χ0) is 19.3. The van der Waals surface area contributed by atoms with Crippen molar-refractivity contribution in [2.24, 2.45) is 0 Å². The topological polar surface area (TPSA) is 82.0 Å². The van der Waals surface area contributed by atoms with Crippen LogP contribution in [0.3, 0.4) is 0 Å². The van der Waals surface area contributed by atoms with E-state index >= 15 is 0 Å². The number of alkyl halides is 3. The lowest BCUT2D eigenvalue weighted by atomic mass is 10.1. The van der Waals surface area contributed by atoms with E-state index in [0.717, 1.165) is 11.6 Å². The summed E-state index contributed by atoms with van der Waals surface area (Å²) >= 11 is 0. The molecule has 0 aliphatic heterocycles. The van der Waals surface area contributed by atoms with Crippen LogP contribution in [0.25, 0.3) is 0 Å². The van der Waals surface area contributed by atoms with Crippen molar-refractivity contribution in [3.63, 3.8) is 0 Å². The van der Waals surface area contributed by atoms with Gasteiger partial charge in [-0.05, 0) is 31.2 Å². The van der Waals surface area contributed by atoms with Gasteiger partial charge in [0.1, 0.15) is 0 Å². The fourth-order valence-corrected chi connectivity index (χ4v) is 2.21. The van der Waals surface area contributed by atoms with Crippen LogP contribution in [0.1, 0.15) is 27.0 Å². The first-order valence-corrected chi connectivity index (χ1v) is 7.47. The maximum Gasteiger partial charge on any atom is 0.417 e.